The highest BCUT2D eigenvalue weighted by Gasteiger charge is 2.47. The fourth-order valence-electron chi connectivity index (χ4n) is 3.92. The van der Waals surface area contributed by atoms with Gasteiger partial charge in [0.1, 0.15) is 5.76 Å². The van der Waals surface area contributed by atoms with Crippen molar-refractivity contribution in [1.82, 2.24) is 4.90 Å². The molecular weight excluding hydrogens is 428 g/mol. The number of rotatable bonds is 9. The molecule has 0 bridgehead atoms. The van der Waals surface area contributed by atoms with E-state index in [9.17, 15) is 29.6 Å². The Balaban J connectivity index is 2.06. The minimum Gasteiger partial charge on any atom is -0.507 e. The lowest BCUT2D eigenvalue weighted by Gasteiger charge is -2.25. The average molecular weight is 452 g/mol. The zero-order valence-corrected chi connectivity index (χ0v) is 18.1. The lowest BCUT2D eigenvalue weighted by atomic mass is 9.94. The Bertz CT molecular complexity index is 1120. The van der Waals surface area contributed by atoms with E-state index in [1.807, 2.05) is 6.92 Å². The highest BCUT2D eigenvalue weighted by Crippen LogP contribution is 2.42. The number of aliphatic carboxylic acids is 1. The molecule has 1 atom stereocenters. The van der Waals surface area contributed by atoms with E-state index >= 15 is 0 Å². The summed E-state index contributed by atoms with van der Waals surface area (Å²) in [6.45, 7) is 1.95. The molecule has 33 heavy (non-hydrogen) atoms. The van der Waals surface area contributed by atoms with Crippen LogP contribution in [0.25, 0.3) is 5.76 Å². The number of hydrogen-bond donors (Lipinski definition) is 2. The molecule has 172 valence electrons. The molecular formula is C24H24N2O7. The molecule has 0 radical (unpaired) electrons. The highest BCUT2D eigenvalue weighted by molar-refractivity contribution is 6.46. The number of aliphatic hydroxyl groups is 1. The minimum atomic E-state index is -1.13. The van der Waals surface area contributed by atoms with Crippen molar-refractivity contribution >= 4 is 29.1 Å². The normalized spacial score (nSPS) is 17.4. The van der Waals surface area contributed by atoms with Crippen molar-refractivity contribution in [2.75, 3.05) is 6.54 Å². The van der Waals surface area contributed by atoms with Crippen molar-refractivity contribution in [2.24, 2.45) is 0 Å². The van der Waals surface area contributed by atoms with Crippen LogP contribution in [0.1, 0.15) is 48.4 Å². The maximum absolute atomic E-state index is 13.0. The van der Waals surface area contributed by atoms with E-state index in [0.717, 1.165) is 5.56 Å². The Labute approximate surface area is 190 Å². The number of para-hydroxylation sites is 1. The number of carboxylic acid groups (broad SMARTS) is 1. The van der Waals surface area contributed by atoms with Gasteiger partial charge in [-0.3, -0.25) is 24.5 Å². The number of nitrogens with zero attached hydrogens (tertiary/aromatic N) is 2. The van der Waals surface area contributed by atoms with Gasteiger partial charge in [-0.1, -0.05) is 48.4 Å². The van der Waals surface area contributed by atoms with Gasteiger partial charge in [0, 0.05) is 24.6 Å². The van der Waals surface area contributed by atoms with Crippen molar-refractivity contribution < 1.29 is 29.5 Å². The van der Waals surface area contributed by atoms with Crippen LogP contribution in [0.3, 0.4) is 0 Å². The Kier molecular flexibility index (Phi) is 7.22. The third-order valence-electron chi connectivity index (χ3n) is 5.58. The van der Waals surface area contributed by atoms with Crippen LogP contribution >= 0.6 is 0 Å². The van der Waals surface area contributed by atoms with Gasteiger partial charge >= 0.3 is 5.97 Å². The molecule has 3 rings (SSSR count). The van der Waals surface area contributed by atoms with Gasteiger partial charge < -0.3 is 15.1 Å². The van der Waals surface area contributed by atoms with Gasteiger partial charge in [0.05, 0.1) is 22.1 Å². The van der Waals surface area contributed by atoms with Crippen molar-refractivity contribution in [3.05, 3.63) is 80.9 Å². The van der Waals surface area contributed by atoms with Crippen molar-refractivity contribution in [2.45, 2.75) is 38.6 Å². The molecule has 0 saturated carbocycles. The van der Waals surface area contributed by atoms with Crippen LogP contribution in [0.5, 0.6) is 0 Å². The molecule has 2 aromatic rings. The zero-order valence-electron chi connectivity index (χ0n) is 18.1. The second-order valence-electron chi connectivity index (χ2n) is 7.88. The first-order valence-corrected chi connectivity index (χ1v) is 10.5. The van der Waals surface area contributed by atoms with E-state index in [0.29, 0.717) is 24.8 Å². The van der Waals surface area contributed by atoms with Gasteiger partial charge in [-0.25, -0.2) is 0 Å². The summed E-state index contributed by atoms with van der Waals surface area (Å²) in [6.07, 6.45) is 1.29. The number of hydrogen-bond acceptors (Lipinski definition) is 6. The van der Waals surface area contributed by atoms with Crippen LogP contribution < -0.4 is 0 Å². The Hall–Kier alpha value is -4.01. The van der Waals surface area contributed by atoms with Gasteiger partial charge in [0.25, 0.3) is 17.4 Å². The van der Waals surface area contributed by atoms with E-state index in [4.69, 9.17) is 5.11 Å². The van der Waals surface area contributed by atoms with Crippen LogP contribution in [-0.4, -0.2) is 44.2 Å². The third kappa shape index (κ3) is 5.08. The number of aliphatic hydroxyl groups excluding tert-OH is 1. The average Bonchev–Trinajstić information content (AvgIpc) is 3.03. The Morgan fingerprint density at radius 3 is 2.33 bits per heavy atom. The number of nitro groups is 1. The number of likely N-dealkylation sites (tertiary alicyclic amines) is 1. The molecule has 1 unspecified atom stereocenters. The molecule has 9 heteroatoms. The zero-order chi connectivity index (χ0) is 24.1. The summed E-state index contributed by atoms with van der Waals surface area (Å²) < 4.78 is 0. The fourth-order valence-corrected chi connectivity index (χ4v) is 3.92. The topological polar surface area (TPSA) is 138 Å². The summed E-state index contributed by atoms with van der Waals surface area (Å²) in [7, 11) is 0. The predicted molar refractivity (Wildman–Crippen MR) is 119 cm³/mol. The molecule has 1 aliphatic rings. The number of carbonyl (C=O) groups is 3. The highest BCUT2D eigenvalue weighted by atomic mass is 16.6. The summed E-state index contributed by atoms with van der Waals surface area (Å²) in [4.78, 5) is 48.9. The Morgan fingerprint density at radius 1 is 1.03 bits per heavy atom. The van der Waals surface area contributed by atoms with Gasteiger partial charge in [-0.2, -0.15) is 0 Å². The number of aryl methyl sites for hydroxylation is 1. The molecule has 2 aromatic carbocycles. The van der Waals surface area contributed by atoms with E-state index in [-0.39, 0.29) is 29.8 Å². The monoisotopic (exact) mass is 452 g/mol. The van der Waals surface area contributed by atoms with Gasteiger partial charge in [0.2, 0.25) is 0 Å². The molecule has 1 heterocycles. The number of Topliss-reactive ketones (excluding diaryl/α,β-unsaturated/α-hetero) is 1. The SMILES string of the molecule is Cc1ccc(/C(O)=C2/C(=O)C(=O)N(CCCCCC(=O)O)C2c2ccccc2[N+](=O)[O-])cc1. The Morgan fingerprint density at radius 2 is 1.70 bits per heavy atom. The van der Waals surface area contributed by atoms with Gasteiger partial charge in [-0.05, 0) is 25.8 Å². The van der Waals surface area contributed by atoms with Crippen LogP contribution in [-0.2, 0) is 14.4 Å². The van der Waals surface area contributed by atoms with Crippen molar-refractivity contribution in [1.29, 1.82) is 0 Å². The van der Waals surface area contributed by atoms with Gasteiger partial charge in [0.15, 0.2) is 0 Å². The van der Waals surface area contributed by atoms with Crippen LogP contribution in [0.15, 0.2) is 54.1 Å². The summed E-state index contributed by atoms with van der Waals surface area (Å²) in [5, 5.41) is 31.5. The quantitative estimate of drug-likeness (QED) is 0.147. The second-order valence-corrected chi connectivity index (χ2v) is 7.88. The lowest BCUT2D eigenvalue weighted by Crippen LogP contribution is -2.31. The number of benzene rings is 2. The van der Waals surface area contributed by atoms with E-state index in [1.54, 1.807) is 30.3 Å². The van der Waals surface area contributed by atoms with Crippen LogP contribution in [0.2, 0.25) is 0 Å². The molecule has 1 amide bonds. The number of carbonyl (C=O) groups excluding carboxylic acids is 2. The summed E-state index contributed by atoms with van der Waals surface area (Å²) in [6, 6.07) is 11.4. The number of unbranched alkanes of at least 4 members (excludes halogenated alkanes) is 2. The third-order valence-corrected chi connectivity index (χ3v) is 5.58. The van der Waals surface area contributed by atoms with E-state index < -0.39 is 34.4 Å². The molecule has 2 N–H and O–H groups in total. The molecule has 0 aliphatic carbocycles. The number of amides is 1. The second kappa shape index (κ2) is 10.1. The standard InChI is InChI=1S/C24H24N2O7/c1-15-10-12-16(13-11-15)22(29)20-21(17-7-4-5-8-18(17)26(32)33)25(24(31)23(20)30)14-6-2-3-9-19(27)28/h4-5,7-8,10-13,21,29H,2-3,6,9,14H2,1H3,(H,27,28)/b22-20-. The van der Waals surface area contributed by atoms with Crippen LogP contribution in [0, 0.1) is 17.0 Å². The maximum atomic E-state index is 13.0. The summed E-state index contributed by atoms with van der Waals surface area (Å²) in [5.41, 5.74) is 0.909. The van der Waals surface area contributed by atoms with Gasteiger partial charge in [-0.15, -0.1) is 0 Å². The minimum absolute atomic E-state index is 0.0141. The van der Waals surface area contributed by atoms with Crippen LogP contribution in [0.4, 0.5) is 5.69 Å². The molecule has 0 aromatic heterocycles. The first-order chi connectivity index (χ1) is 15.7. The van der Waals surface area contributed by atoms with E-state index in [1.165, 1.54) is 23.1 Å². The molecule has 1 saturated heterocycles. The fraction of sp³-hybridized carbons (Fsp3) is 0.292. The van der Waals surface area contributed by atoms with E-state index in [2.05, 4.69) is 0 Å². The lowest BCUT2D eigenvalue weighted by molar-refractivity contribution is -0.385. The van der Waals surface area contributed by atoms with Crippen molar-refractivity contribution in [3.63, 3.8) is 0 Å². The number of nitro benzene ring substituents is 1. The number of carboxylic acids is 1. The largest absolute Gasteiger partial charge is 0.507 e. The smallest absolute Gasteiger partial charge is 0.303 e. The molecule has 9 nitrogen and oxygen atoms in total. The summed E-state index contributed by atoms with van der Waals surface area (Å²) in [5.74, 6) is -3.09. The predicted octanol–water partition coefficient (Wildman–Crippen LogP) is 3.97. The maximum Gasteiger partial charge on any atom is 0.303 e. The summed E-state index contributed by atoms with van der Waals surface area (Å²) >= 11 is 0. The van der Waals surface area contributed by atoms with Crippen molar-refractivity contribution in [3.8, 4) is 0 Å². The molecule has 1 fully saturated rings. The molecule has 0 spiro atoms. The molecule has 1 aliphatic heterocycles. The first-order valence-electron chi connectivity index (χ1n) is 10.5. The number of ketones is 1. The first kappa shape index (κ1) is 23.6.